The molecule has 0 aromatic heterocycles. The zero-order chi connectivity index (χ0) is 14.8. The molecule has 0 spiro atoms. The van der Waals surface area contributed by atoms with E-state index < -0.39 is 8.32 Å². The van der Waals surface area contributed by atoms with Crippen LogP contribution in [-0.4, -0.2) is 21.2 Å². The molecule has 19 heavy (non-hydrogen) atoms. The molecule has 0 atom stereocenters. The van der Waals surface area contributed by atoms with Crippen LogP contribution in [0.15, 0.2) is 18.2 Å². The maximum Gasteiger partial charge on any atom is 0.250 e. The lowest BCUT2D eigenvalue weighted by Gasteiger charge is -2.36. The molecule has 0 unspecified atom stereocenters. The molecule has 1 aromatic carbocycles. The first-order valence-corrected chi connectivity index (χ1v) is 9.37. The van der Waals surface area contributed by atoms with Gasteiger partial charge < -0.3 is 9.16 Å². The van der Waals surface area contributed by atoms with E-state index in [9.17, 15) is 4.79 Å². The summed E-state index contributed by atoms with van der Waals surface area (Å²) in [4.78, 5) is 11.7. The fourth-order valence-corrected chi connectivity index (χ4v) is 2.46. The van der Waals surface area contributed by atoms with Crippen LogP contribution in [0.4, 0.5) is 0 Å². The Morgan fingerprint density at radius 1 is 1.21 bits per heavy atom. The van der Waals surface area contributed by atoms with Gasteiger partial charge in [0.15, 0.2) is 5.78 Å². The molecule has 0 saturated heterocycles. The number of methoxy groups -OCH3 is 1. The standard InChI is InChI=1S/C15H24O3Si/c1-11(16)13-10-12(17-5)8-9-14(13)18-19(6,7)15(2,3)4/h8-10H,1-7H3. The van der Waals surface area contributed by atoms with Crippen molar-refractivity contribution in [3.63, 3.8) is 0 Å². The van der Waals surface area contributed by atoms with Gasteiger partial charge in [-0.05, 0) is 43.3 Å². The van der Waals surface area contributed by atoms with E-state index in [0.29, 0.717) is 17.1 Å². The lowest BCUT2D eigenvalue weighted by Crippen LogP contribution is -2.44. The number of ether oxygens (including phenoxy) is 1. The number of ketones is 1. The van der Waals surface area contributed by atoms with E-state index in [4.69, 9.17) is 9.16 Å². The molecular weight excluding hydrogens is 256 g/mol. The van der Waals surface area contributed by atoms with Gasteiger partial charge in [-0.25, -0.2) is 0 Å². The Morgan fingerprint density at radius 2 is 1.79 bits per heavy atom. The number of carbonyl (C=O) groups is 1. The van der Waals surface area contributed by atoms with E-state index >= 15 is 0 Å². The fraction of sp³-hybridized carbons (Fsp3) is 0.533. The highest BCUT2D eigenvalue weighted by Crippen LogP contribution is 2.38. The molecule has 0 amide bonds. The SMILES string of the molecule is COc1ccc(O[Si](C)(C)C(C)(C)C)c(C(C)=O)c1. The van der Waals surface area contributed by atoms with Crippen LogP contribution in [0.3, 0.4) is 0 Å². The molecule has 0 bridgehead atoms. The predicted molar refractivity (Wildman–Crippen MR) is 80.8 cm³/mol. The van der Waals surface area contributed by atoms with Crippen LogP contribution in [0.5, 0.6) is 11.5 Å². The topological polar surface area (TPSA) is 35.5 Å². The average Bonchev–Trinajstić information content (AvgIpc) is 2.27. The Labute approximate surface area is 117 Å². The summed E-state index contributed by atoms with van der Waals surface area (Å²) in [5.41, 5.74) is 0.587. The second-order valence-corrected chi connectivity index (χ2v) is 11.0. The van der Waals surface area contributed by atoms with E-state index in [1.54, 1.807) is 20.1 Å². The molecule has 0 aliphatic carbocycles. The molecular formula is C15H24O3Si. The number of hydrogen-bond donors (Lipinski definition) is 0. The number of rotatable bonds is 4. The van der Waals surface area contributed by atoms with Gasteiger partial charge in [-0.15, -0.1) is 0 Å². The summed E-state index contributed by atoms with van der Waals surface area (Å²) in [5, 5.41) is 0.0982. The number of carbonyl (C=O) groups excluding carboxylic acids is 1. The number of hydrogen-bond acceptors (Lipinski definition) is 3. The first kappa shape index (κ1) is 15.8. The van der Waals surface area contributed by atoms with Gasteiger partial charge in [0.2, 0.25) is 0 Å². The Morgan fingerprint density at radius 3 is 2.21 bits per heavy atom. The number of benzene rings is 1. The minimum Gasteiger partial charge on any atom is -0.543 e. The van der Waals surface area contributed by atoms with Crippen LogP contribution >= 0.6 is 0 Å². The van der Waals surface area contributed by atoms with Crippen LogP contribution < -0.4 is 9.16 Å². The molecule has 4 heteroatoms. The molecule has 0 aliphatic rings. The summed E-state index contributed by atoms with van der Waals surface area (Å²) >= 11 is 0. The quantitative estimate of drug-likeness (QED) is 0.610. The molecule has 106 valence electrons. The highest BCUT2D eigenvalue weighted by molar-refractivity contribution is 6.74. The number of Topliss-reactive ketones (excluding diaryl/α,β-unsaturated/α-hetero) is 1. The molecule has 1 aromatic rings. The first-order chi connectivity index (χ1) is 8.58. The summed E-state index contributed by atoms with van der Waals surface area (Å²) in [6.07, 6.45) is 0. The van der Waals surface area contributed by atoms with Crippen molar-refractivity contribution < 1.29 is 14.0 Å². The van der Waals surface area contributed by atoms with Crippen molar-refractivity contribution in [1.82, 2.24) is 0 Å². The summed E-state index contributed by atoms with van der Waals surface area (Å²) in [7, 11) is -0.353. The van der Waals surface area contributed by atoms with Crippen LogP contribution in [0.1, 0.15) is 38.1 Å². The minimum atomic E-state index is -1.94. The Hall–Kier alpha value is -1.29. The third-order valence-electron chi connectivity index (χ3n) is 3.74. The van der Waals surface area contributed by atoms with Gasteiger partial charge in [0.05, 0.1) is 12.7 Å². The lowest BCUT2D eigenvalue weighted by molar-refractivity contribution is 0.101. The Balaban J connectivity index is 3.18. The monoisotopic (exact) mass is 280 g/mol. The molecule has 0 radical (unpaired) electrons. The third kappa shape index (κ3) is 3.59. The first-order valence-electron chi connectivity index (χ1n) is 6.46. The van der Waals surface area contributed by atoms with Crippen molar-refractivity contribution >= 4 is 14.1 Å². The fourth-order valence-electron chi connectivity index (χ4n) is 1.43. The van der Waals surface area contributed by atoms with Gasteiger partial charge in [0.25, 0.3) is 8.32 Å². The van der Waals surface area contributed by atoms with Crippen LogP contribution in [0.2, 0.25) is 18.1 Å². The molecule has 0 fully saturated rings. The van der Waals surface area contributed by atoms with E-state index in [-0.39, 0.29) is 10.8 Å². The van der Waals surface area contributed by atoms with Crippen molar-refractivity contribution in [3.05, 3.63) is 23.8 Å². The maximum absolute atomic E-state index is 11.7. The highest BCUT2D eigenvalue weighted by Gasteiger charge is 2.39. The highest BCUT2D eigenvalue weighted by atomic mass is 28.4. The third-order valence-corrected chi connectivity index (χ3v) is 8.08. The van der Waals surface area contributed by atoms with E-state index in [1.807, 2.05) is 12.1 Å². The van der Waals surface area contributed by atoms with E-state index in [2.05, 4.69) is 33.9 Å². The minimum absolute atomic E-state index is 0.00684. The Bertz CT molecular complexity index is 473. The van der Waals surface area contributed by atoms with Gasteiger partial charge in [-0.3, -0.25) is 4.79 Å². The molecule has 0 aliphatic heterocycles. The van der Waals surface area contributed by atoms with E-state index in [0.717, 1.165) is 0 Å². The van der Waals surface area contributed by atoms with E-state index in [1.165, 1.54) is 0 Å². The van der Waals surface area contributed by atoms with Crippen molar-refractivity contribution in [3.8, 4) is 11.5 Å². The summed E-state index contributed by atoms with van der Waals surface area (Å²) in [6, 6.07) is 5.40. The molecule has 0 N–H and O–H groups in total. The average molecular weight is 280 g/mol. The summed E-state index contributed by atoms with van der Waals surface area (Å²) in [6.45, 7) is 12.4. The molecule has 3 nitrogen and oxygen atoms in total. The van der Waals surface area contributed by atoms with Crippen molar-refractivity contribution in [2.45, 2.75) is 45.8 Å². The molecule has 0 saturated carbocycles. The maximum atomic E-state index is 11.7. The van der Waals surface area contributed by atoms with Gasteiger partial charge in [-0.2, -0.15) is 0 Å². The lowest BCUT2D eigenvalue weighted by atomic mass is 10.1. The van der Waals surface area contributed by atoms with Crippen LogP contribution in [-0.2, 0) is 0 Å². The second-order valence-electron chi connectivity index (χ2n) is 6.28. The van der Waals surface area contributed by atoms with Gasteiger partial charge >= 0.3 is 0 Å². The Kier molecular flexibility index (Phi) is 4.45. The summed E-state index contributed by atoms with van der Waals surface area (Å²) in [5.74, 6) is 1.33. The smallest absolute Gasteiger partial charge is 0.250 e. The zero-order valence-electron chi connectivity index (χ0n) is 13.0. The molecule has 1 rings (SSSR count). The largest absolute Gasteiger partial charge is 0.543 e. The second kappa shape index (κ2) is 5.37. The van der Waals surface area contributed by atoms with Gasteiger partial charge in [0.1, 0.15) is 11.5 Å². The molecule has 0 heterocycles. The van der Waals surface area contributed by atoms with Crippen molar-refractivity contribution in [2.75, 3.05) is 7.11 Å². The van der Waals surface area contributed by atoms with Crippen molar-refractivity contribution in [1.29, 1.82) is 0 Å². The van der Waals surface area contributed by atoms with Gasteiger partial charge in [-0.1, -0.05) is 20.8 Å². The van der Waals surface area contributed by atoms with Crippen molar-refractivity contribution in [2.24, 2.45) is 0 Å². The zero-order valence-corrected chi connectivity index (χ0v) is 14.0. The van der Waals surface area contributed by atoms with Crippen LogP contribution in [0, 0.1) is 0 Å². The summed E-state index contributed by atoms with van der Waals surface area (Å²) < 4.78 is 11.4. The van der Waals surface area contributed by atoms with Gasteiger partial charge in [0, 0.05) is 0 Å². The predicted octanol–water partition coefficient (Wildman–Crippen LogP) is 4.28. The normalized spacial score (nSPS) is 12.2. The van der Waals surface area contributed by atoms with Crippen LogP contribution in [0.25, 0.3) is 0 Å².